The van der Waals surface area contributed by atoms with E-state index in [1.807, 2.05) is 49.7 Å². The number of carbonyl (C=O) groups excluding carboxylic acids is 1. The van der Waals surface area contributed by atoms with Crippen LogP contribution in [-0.2, 0) is 9.53 Å². The SMILES string of the molecule is COc1cc(C=C2O[C@@H](C)CN([C@H](C)c3ccc(F)cn3)C2=O)ccc1-n1cnc(C)c1. The zero-order valence-electron chi connectivity index (χ0n) is 18.4. The summed E-state index contributed by atoms with van der Waals surface area (Å²) in [4.78, 5) is 23.3. The van der Waals surface area contributed by atoms with E-state index in [1.165, 1.54) is 6.07 Å². The molecule has 3 heterocycles. The van der Waals surface area contributed by atoms with Crippen LogP contribution in [0.3, 0.4) is 0 Å². The molecule has 0 bridgehead atoms. The van der Waals surface area contributed by atoms with Crippen LogP contribution in [0, 0.1) is 12.7 Å². The monoisotopic (exact) mass is 436 g/mol. The lowest BCUT2D eigenvalue weighted by Gasteiger charge is -2.36. The van der Waals surface area contributed by atoms with Crippen LogP contribution in [-0.4, -0.2) is 45.1 Å². The van der Waals surface area contributed by atoms with Crippen LogP contribution in [0.5, 0.6) is 5.75 Å². The molecule has 0 saturated carbocycles. The zero-order valence-corrected chi connectivity index (χ0v) is 18.4. The molecule has 4 rings (SSSR count). The maximum absolute atomic E-state index is 13.2. The Bertz CT molecular complexity index is 1160. The molecule has 0 aliphatic carbocycles. The number of rotatable bonds is 5. The number of benzene rings is 1. The van der Waals surface area contributed by atoms with E-state index in [2.05, 4.69) is 9.97 Å². The number of hydrogen-bond acceptors (Lipinski definition) is 5. The smallest absolute Gasteiger partial charge is 0.289 e. The molecule has 0 radical (unpaired) electrons. The van der Waals surface area contributed by atoms with Gasteiger partial charge in [-0.15, -0.1) is 0 Å². The third-order valence-electron chi connectivity index (χ3n) is 5.39. The fraction of sp³-hybridized carbons (Fsp3) is 0.292. The Morgan fingerprint density at radius 2 is 2.09 bits per heavy atom. The number of nitrogens with zero attached hydrogens (tertiary/aromatic N) is 4. The average Bonchev–Trinajstić information content (AvgIpc) is 3.22. The number of morpholine rings is 1. The second-order valence-electron chi connectivity index (χ2n) is 7.83. The van der Waals surface area contributed by atoms with E-state index in [9.17, 15) is 9.18 Å². The third-order valence-corrected chi connectivity index (χ3v) is 5.39. The number of halogens is 1. The highest BCUT2D eigenvalue weighted by atomic mass is 19.1. The third kappa shape index (κ3) is 4.34. The van der Waals surface area contributed by atoms with Gasteiger partial charge in [0.25, 0.3) is 5.91 Å². The Balaban J connectivity index is 1.62. The number of pyridine rings is 1. The van der Waals surface area contributed by atoms with E-state index in [0.29, 0.717) is 18.0 Å². The molecule has 1 amide bonds. The first-order chi connectivity index (χ1) is 15.4. The second kappa shape index (κ2) is 8.82. The molecule has 1 saturated heterocycles. The Morgan fingerprint density at radius 1 is 1.28 bits per heavy atom. The number of imidazole rings is 1. The van der Waals surface area contributed by atoms with E-state index in [1.54, 1.807) is 30.5 Å². The normalized spacial score (nSPS) is 18.5. The summed E-state index contributed by atoms with van der Waals surface area (Å²) in [7, 11) is 1.60. The molecule has 1 aromatic carbocycles. The highest BCUT2D eigenvalue weighted by Gasteiger charge is 2.33. The maximum Gasteiger partial charge on any atom is 0.289 e. The summed E-state index contributed by atoms with van der Waals surface area (Å²) in [5, 5.41) is 0. The molecule has 2 atom stereocenters. The van der Waals surface area contributed by atoms with Gasteiger partial charge in [-0.3, -0.25) is 9.78 Å². The molecule has 1 fully saturated rings. The maximum atomic E-state index is 13.2. The molecule has 2 aromatic heterocycles. The van der Waals surface area contributed by atoms with E-state index < -0.39 is 5.82 Å². The first kappa shape index (κ1) is 21.5. The van der Waals surface area contributed by atoms with Crippen molar-refractivity contribution in [3.05, 3.63) is 77.6 Å². The molecule has 0 N–H and O–H groups in total. The molecule has 3 aromatic rings. The van der Waals surface area contributed by atoms with Crippen molar-refractivity contribution in [3.8, 4) is 11.4 Å². The van der Waals surface area contributed by atoms with Crippen molar-refractivity contribution in [1.82, 2.24) is 19.4 Å². The minimum atomic E-state index is -0.411. The van der Waals surface area contributed by atoms with Gasteiger partial charge >= 0.3 is 0 Å². The highest BCUT2D eigenvalue weighted by Crippen LogP contribution is 2.29. The van der Waals surface area contributed by atoms with E-state index >= 15 is 0 Å². The summed E-state index contributed by atoms with van der Waals surface area (Å²) in [5.74, 6) is 0.237. The van der Waals surface area contributed by atoms with Crippen LogP contribution in [0.2, 0.25) is 0 Å². The van der Waals surface area contributed by atoms with Gasteiger partial charge in [-0.25, -0.2) is 9.37 Å². The molecule has 7 nitrogen and oxygen atoms in total. The topological polar surface area (TPSA) is 69.5 Å². The summed E-state index contributed by atoms with van der Waals surface area (Å²) in [6.07, 6.45) is 6.31. The highest BCUT2D eigenvalue weighted by molar-refractivity contribution is 5.96. The first-order valence-electron chi connectivity index (χ1n) is 10.4. The van der Waals surface area contributed by atoms with Crippen molar-refractivity contribution < 1.29 is 18.7 Å². The second-order valence-corrected chi connectivity index (χ2v) is 7.83. The zero-order chi connectivity index (χ0) is 22.8. The number of aryl methyl sites for hydroxylation is 1. The molecule has 0 unspecified atom stereocenters. The molecule has 32 heavy (non-hydrogen) atoms. The quantitative estimate of drug-likeness (QED) is 0.564. The van der Waals surface area contributed by atoms with Gasteiger partial charge in [-0.05, 0) is 56.7 Å². The average molecular weight is 436 g/mol. The molecule has 1 aliphatic heterocycles. The molecule has 166 valence electrons. The van der Waals surface area contributed by atoms with Crippen molar-refractivity contribution in [1.29, 1.82) is 0 Å². The van der Waals surface area contributed by atoms with Gasteiger partial charge in [-0.1, -0.05) is 6.07 Å². The van der Waals surface area contributed by atoms with Crippen molar-refractivity contribution in [3.63, 3.8) is 0 Å². The number of amides is 1. The summed E-state index contributed by atoms with van der Waals surface area (Å²) in [6, 6.07) is 8.28. The van der Waals surface area contributed by atoms with Gasteiger partial charge in [0.1, 0.15) is 17.7 Å². The lowest BCUT2D eigenvalue weighted by atomic mass is 10.1. The summed E-state index contributed by atoms with van der Waals surface area (Å²) in [5.41, 5.74) is 3.14. The van der Waals surface area contributed by atoms with Crippen molar-refractivity contribution >= 4 is 12.0 Å². The van der Waals surface area contributed by atoms with Crippen molar-refractivity contribution in [2.24, 2.45) is 0 Å². The summed E-state index contributed by atoms with van der Waals surface area (Å²) >= 11 is 0. The number of ether oxygens (including phenoxy) is 2. The van der Waals surface area contributed by atoms with Crippen LogP contribution < -0.4 is 4.74 Å². The fourth-order valence-corrected chi connectivity index (χ4v) is 3.73. The lowest BCUT2D eigenvalue weighted by molar-refractivity contribution is -0.141. The molecule has 1 aliphatic rings. The number of carbonyl (C=O) groups is 1. The number of aromatic nitrogens is 3. The Morgan fingerprint density at radius 3 is 2.75 bits per heavy atom. The van der Waals surface area contributed by atoms with Gasteiger partial charge < -0.3 is 18.9 Å². The van der Waals surface area contributed by atoms with Gasteiger partial charge in [-0.2, -0.15) is 0 Å². The van der Waals surface area contributed by atoms with E-state index in [-0.39, 0.29) is 23.8 Å². The fourth-order valence-electron chi connectivity index (χ4n) is 3.73. The minimum Gasteiger partial charge on any atom is -0.495 e. The predicted octanol–water partition coefficient (Wildman–Crippen LogP) is 4.07. The summed E-state index contributed by atoms with van der Waals surface area (Å²) < 4.78 is 26.6. The van der Waals surface area contributed by atoms with Gasteiger partial charge in [0.15, 0.2) is 5.76 Å². The van der Waals surface area contributed by atoms with Crippen LogP contribution >= 0.6 is 0 Å². The van der Waals surface area contributed by atoms with Crippen molar-refractivity contribution in [2.45, 2.75) is 32.9 Å². The Hall–Kier alpha value is -3.68. The molecular formula is C24H25FN4O3. The standard InChI is InChI=1S/C24H25FN4O3/c1-15-12-28(14-27-15)21-8-5-18(9-22(21)31-4)10-23-24(30)29(13-16(2)32-23)17(3)20-7-6-19(25)11-26-20/h5-12,14,16-17H,13H2,1-4H3/t16-,17+/m0/s1. The lowest BCUT2D eigenvalue weighted by Crippen LogP contribution is -2.45. The van der Waals surface area contributed by atoms with Crippen LogP contribution in [0.4, 0.5) is 4.39 Å². The molecule has 8 heteroatoms. The number of methoxy groups -OCH3 is 1. The van der Waals surface area contributed by atoms with Gasteiger partial charge in [0.2, 0.25) is 0 Å². The number of hydrogen-bond donors (Lipinski definition) is 0. The van der Waals surface area contributed by atoms with E-state index in [0.717, 1.165) is 23.1 Å². The molecule has 0 spiro atoms. The Kier molecular flexibility index (Phi) is 5.94. The summed E-state index contributed by atoms with van der Waals surface area (Å²) in [6.45, 7) is 6.11. The molecular weight excluding hydrogens is 411 g/mol. The van der Waals surface area contributed by atoms with E-state index in [4.69, 9.17) is 9.47 Å². The van der Waals surface area contributed by atoms with Crippen LogP contribution in [0.1, 0.15) is 36.8 Å². The van der Waals surface area contributed by atoms with Crippen LogP contribution in [0.15, 0.2) is 54.8 Å². The Labute approximate surface area is 186 Å². The largest absolute Gasteiger partial charge is 0.495 e. The van der Waals surface area contributed by atoms with Crippen LogP contribution in [0.25, 0.3) is 11.8 Å². The predicted molar refractivity (Wildman–Crippen MR) is 118 cm³/mol. The minimum absolute atomic E-state index is 0.197. The first-order valence-corrected chi connectivity index (χ1v) is 10.4. The van der Waals surface area contributed by atoms with Crippen molar-refractivity contribution in [2.75, 3.05) is 13.7 Å². The van der Waals surface area contributed by atoms with Gasteiger partial charge in [0.05, 0.1) is 49.3 Å². The van der Waals surface area contributed by atoms with Gasteiger partial charge in [0, 0.05) is 6.20 Å².